The summed E-state index contributed by atoms with van der Waals surface area (Å²) < 4.78 is 13.5. The first-order valence-corrected chi connectivity index (χ1v) is 12.3. The van der Waals surface area contributed by atoms with Gasteiger partial charge in [-0.25, -0.2) is 9.78 Å². The van der Waals surface area contributed by atoms with Crippen molar-refractivity contribution >= 4 is 12.1 Å². The van der Waals surface area contributed by atoms with Crippen LogP contribution in [0.25, 0.3) is 11.3 Å². The van der Waals surface area contributed by atoms with Crippen LogP contribution in [0.3, 0.4) is 0 Å². The van der Waals surface area contributed by atoms with E-state index in [-0.39, 0.29) is 30.3 Å². The fraction of sp³-hybridized carbons (Fsp3) is 0.615. The minimum Gasteiger partial charge on any atom is -0.489 e. The topological polar surface area (TPSA) is 107 Å². The molecule has 2 heterocycles. The lowest BCUT2D eigenvalue weighted by Gasteiger charge is -2.34. The van der Waals surface area contributed by atoms with Gasteiger partial charge in [0.25, 0.3) is 0 Å². The van der Waals surface area contributed by atoms with E-state index < -0.39 is 5.97 Å². The van der Waals surface area contributed by atoms with E-state index in [1.54, 1.807) is 22.8 Å². The summed E-state index contributed by atoms with van der Waals surface area (Å²) >= 11 is 0. The highest BCUT2D eigenvalue weighted by Crippen LogP contribution is 2.31. The van der Waals surface area contributed by atoms with Crippen LogP contribution in [0.15, 0.2) is 18.3 Å². The smallest absolute Gasteiger partial charge is 0.410 e. The first-order chi connectivity index (χ1) is 16.5. The molecule has 0 aromatic carbocycles. The van der Waals surface area contributed by atoms with Crippen molar-refractivity contribution in [2.45, 2.75) is 84.5 Å². The molecule has 0 radical (unpaired) electrons. The van der Waals surface area contributed by atoms with Crippen molar-refractivity contribution in [2.24, 2.45) is 13.0 Å². The molecule has 1 saturated carbocycles. The zero-order chi connectivity index (χ0) is 25.8. The number of rotatable bonds is 9. The van der Waals surface area contributed by atoms with Crippen LogP contribution in [-0.2, 0) is 23.2 Å². The van der Waals surface area contributed by atoms with Crippen molar-refractivity contribution < 1.29 is 24.2 Å². The Hall–Kier alpha value is -3.10. The molecule has 9 nitrogen and oxygen atoms in total. The molecule has 1 unspecified atom stereocenters. The lowest BCUT2D eigenvalue weighted by atomic mass is 9.87. The molecule has 0 spiro atoms. The summed E-state index contributed by atoms with van der Waals surface area (Å²) in [5.41, 5.74) is 2.66. The van der Waals surface area contributed by atoms with Gasteiger partial charge in [0.1, 0.15) is 12.4 Å². The minimum atomic E-state index is -0.756. The van der Waals surface area contributed by atoms with E-state index in [2.05, 4.69) is 12.0 Å². The zero-order valence-electron chi connectivity index (χ0n) is 21.7. The number of carbonyl (C=O) groups excluding carboxylic acids is 1. The highest BCUT2D eigenvalue weighted by atomic mass is 16.6. The molecule has 9 heteroatoms. The average molecular weight is 487 g/mol. The molecule has 1 aliphatic rings. The Bertz CT molecular complexity index is 1050. The van der Waals surface area contributed by atoms with Crippen molar-refractivity contribution in [1.29, 1.82) is 0 Å². The average Bonchev–Trinajstić information content (AvgIpc) is 3.18. The number of hydrogen-bond donors (Lipinski definition) is 1. The molecule has 0 aliphatic heterocycles. The van der Waals surface area contributed by atoms with E-state index in [4.69, 9.17) is 14.5 Å². The van der Waals surface area contributed by atoms with Gasteiger partial charge >= 0.3 is 12.1 Å². The molecule has 1 aliphatic carbocycles. The van der Waals surface area contributed by atoms with Gasteiger partial charge < -0.3 is 19.5 Å². The number of ether oxygens (including phenoxy) is 2. The second-order valence-electron chi connectivity index (χ2n) is 10.0. The molecule has 2 aromatic rings. The Labute approximate surface area is 207 Å². The van der Waals surface area contributed by atoms with Crippen LogP contribution in [-0.4, -0.2) is 55.5 Å². The summed E-state index contributed by atoms with van der Waals surface area (Å²) in [5.74, 6) is -0.455. The van der Waals surface area contributed by atoms with E-state index in [1.165, 1.54) is 0 Å². The van der Waals surface area contributed by atoms with E-state index in [9.17, 15) is 14.7 Å². The van der Waals surface area contributed by atoms with Crippen LogP contribution >= 0.6 is 0 Å². The van der Waals surface area contributed by atoms with Gasteiger partial charge in [0.05, 0.1) is 35.3 Å². The zero-order valence-corrected chi connectivity index (χ0v) is 21.7. The number of amides is 1. The summed E-state index contributed by atoms with van der Waals surface area (Å²) in [4.78, 5) is 30.4. The third-order valence-corrected chi connectivity index (χ3v) is 7.02. The number of pyridine rings is 1. The van der Waals surface area contributed by atoms with Gasteiger partial charge in [0.15, 0.2) is 0 Å². The predicted molar refractivity (Wildman–Crippen MR) is 132 cm³/mol. The molecule has 0 bridgehead atoms. The van der Waals surface area contributed by atoms with Gasteiger partial charge in [-0.1, -0.05) is 13.3 Å². The minimum absolute atomic E-state index is 0.0782. The lowest BCUT2D eigenvalue weighted by molar-refractivity contribution is -0.143. The molecule has 1 fully saturated rings. The van der Waals surface area contributed by atoms with Crippen molar-refractivity contribution in [3.8, 4) is 17.0 Å². The van der Waals surface area contributed by atoms with Crippen LogP contribution in [0.5, 0.6) is 5.75 Å². The summed E-state index contributed by atoms with van der Waals surface area (Å²) in [6.07, 6.45) is 5.96. The van der Waals surface area contributed by atoms with E-state index in [0.717, 1.165) is 36.9 Å². The lowest BCUT2D eigenvalue weighted by Crippen LogP contribution is -2.45. The molecular weight excluding hydrogens is 448 g/mol. The normalized spacial score (nSPS) is 18.2. The number of aromatic nitrogens is 3. The Kier molecular flexibility index (Phi) is 8.40. The molecule has 1 N–H and O–H groups in total. The molecule has 192 valence electrons. The SMILES string of the molecule is CCCC(C)(C)N(C)C(=O)OCc1c(-c2ccc(O[C@H]3CCCC(C(=O)O)C3)c(C)n2)cnn1C. The van der Waals surface area contributed by atoms with Crippen molar-refractivity contribution in [3.05, 3.63) is 29.7 Å². The Morgan fingerprint density at radius 1 is 1.29 bits per heavy atom. The number of nitrogens with zero attached hydrogens (tertiary/aromatic N) is 4. The predicted octanol–water partition coefficient (Wildman–Crippen LogP) is 4.96. The summed E-state index contributed by atoms with van der Waals surface area (Å²) in [6, 6.07) is 3.73. The summed E-state index contributed by atoms with van der Waals surface area (Å²) in [5, 5.41) is 13.7. The summed E-state index contributed by atoms with van der Waals surface area (Å²) in [7, 11) is 3.57. The number of aliphatic carboxylic acids is 1. The highest BCUT2D eigenvalue weighted by molar-refractivity contribution is 5.70. The van der Waals surface area contributed by atoms with E-state index >= 15 is 0 Å². The van der Waals surface area contributed by atoms with Crippen molar-refractivity contribution in [2.75, 3.05) is 7.05 Å². The second kappa shape index (κ2) is 11.1. The second-order valence-corrected chi connectivity index (χ2v) is 10.0. The van der Waals surface area contributed by atoms with Crippen LogP contribution < -0.4 is 4.74 Å². The maximum atomic E-state index is 12.7. The number of carbonyl (C=O) groups is 2. The van der Waals surface area contributed by atoms with Gasteiger partial charge in [-0.05, 0) is 65.0 Å². The van der Waals surface area contributed by atoms with Gasteiger partial charge in [-0.15, -0.1) is 0 Å². The molecule has 35 heavy (non-hydrogen) atoms. The van der Waals surface area contributed by atoms with Gasteiger partial charge in [-0.2, -0.15) is 5.10 Å². The standard InChI is InChI=1S/C26H38N4O5/c1-7-13-26(3,4)29(5)25(33)34-16-22-20(15-27-30(22)6)21-11-12-23(17(2)28-21)35-19-10-8-9-18(14-19)24(31)32/h11-12,15,18-19H,7-10,13-14,16H2,1-6H3,(H,31,32)/t18?,19-/m0/s1. The Balaban J connectivity index is 1.71. The maximum absolute atomic E-state index is 12.7. The molecule has 1 amide bonds. The van der Waals surface area contributed by atoms with E-state index in [1.807, 2.05) is 40.0 Å². The number of carboxylic acids is 1. The van der Waals surface area contributed by atoms with Crippen molar-refractivity contribution in [1.82, 2.24) is 19.7 Å². The maximum Gasteiger partial charge on any atom is 0.410 e. The van der Waals surface area contributed by atoms with Gasteiger partial charge in [-0.3, -0.25) is 9.48 Å². The van der Waals surface area contributed by atoms with E-state index in [0.29, 0.717) is 30.0 Å². The monoisotopic (exact) mass is 486 g/mol. The largest absolute Gasteiger partial charge is 0.489 e. The fourth-order valence-electron chi connectivity index (χ4n) is 4.58. The van der Waals surface area contributed by atoms with Crippen LogP contribution in [0.2, 0.25) is 0 Å². The quantitative estimate of drug-likeness (QED) is 0.534. The Morgan fingerprint density at radius 3 is 2.69 bits per heavy atom. The number of carboxylic acid groups (broad SMARTS) is 1. The number of hydrogen-bond acceptors (Lipinski definition) is 6. The molecule has 3 rings (SSSR count). The van der Waals surface area contributed by atoms with Crippen LogP contribution in [0.4, 0.5) is 4.79 Å². The third-order valence-electron chi connectivity index (χ3n) is 7.02. The van der Waals surface area contributed by atoms with Crippen LogP contribution in [0.1, 0.15) is 70.7 Å². The van der Waals surface area contributed by atoms with Crippen molar-refractivity contribution in [3.63, 3.8) is 0 Å². The Morgan fingerprint density at radius 2 is 2.03 bits per heavy atom. The van der Waals surface area contributed by atoms with Gasteiger partial charge in [0.2, 0.25) is 0 Å². The first kappa shape index (κ1) is 26.5. The third kappa shape index (κ3) is 6.32. The summed E-state index contributed by atoms with van der Waals surface area (Å²) in [6.45, 7) is 8.10. The molecule has 2 atom stereocenters. The molecular formula is C26H38N4O5. The number of aryl methyl sites for hydroxylation is 2. The molecule has 2 aromatic heterocycles. The highest BCUT2D eigenvalue weighted by Gasteiger charge is 2.29. The van der Waals surface area contributed by atoms with Crippen LogP contribution in [0, 0.1) is 12.8 Å². The molecule has 0 saturated heterocycles. The fourth-order valence-corrected chi connectivity index (χ4v) is 4.58. The van der Waals surface area contributed by atoms with Gasteiger partial charge in [0, 0.05) is 25.2 Å². The first-order valence-electron chi connectivity index (χ1n) is 12.3.